The van der Waals surface area contributed by atoms with E-state index in [-0.39, 0.29) is 17.5 Å². The van der Waals surface area contributed by atoms with Crippen LogP contribution in [0.1, 0.15) is 12.0 Å². The van der Waals surface area contributed by atoms with Crippen molar-refractivity contribution in [1.82, 2.24) is 4.90 Å². The van der Waals surface area contributed by atoms with Crippen LogP contribution in [0.5, 0.6) is 17.2 Å². The minimum atomic E-state index is -3.01. The molecule has 3 heterocycles. The summed E-state index contributed by atoms with van der Waals surface area (Å²) in [7, 11) is 0.0845. The quantitative estimate of drug-likeness (QED) is 0.552. The van der Waals surface area contributed by atoms with Crippen LogP contribution in [-0.2, 0) is 16.4 Å². The SMILES string of the molecule is COc1ccc(-c2cc3ccc4c(c3oc2=O)CN([C@H]2CCS(=O)(=O)C2)CO4)cc1OC. The molecule has 32 heavy (non-hydrogen) atoms. The van der Waals surface area contributed by atoms with Crippen LogP contribution in [0.15, 0.2) is 45.6 Å². The molecule has 1 saturated heterocycles. The van der Waals surface area contributed by atoms with Crippen LogP contribution in [-0.4, -0.2) is 51.8 Å². The lowest BCUT2D eigenvalue weighted by Gasteiger charge is -2.33. The smallest absolute Gasteiger partial charge is 0.344 e. The summed E-state index contributed by atoms with van der Waals surface area (Å²) in [5.74, 6) is 2.06. The van der Waals surface area contributed by atoms with E-state index in [2.05, 4.69) is 0 Å². The van der Waals surface area contributed by atoms with Gasteiger partial charge >= 0.3 is 5.63 Å². The molecule has 0 amide bonds. The van der Waals surface area contributed by atoms with Crippen molar-refractivity contribution < 1.29 is 27.0 Å². The minimum absolute atomic E-state index is 0.0961. The summed E-state index contributed by atoms with van der Waals surface area (Å²) >= 11 is 0. The zero-order chi connectivity index (χ0) is 22.5. The molecule has 5 rings (SSSR count). The molecule has 1 fully saturated rings. The highest BCUT2D eigenvalue weighted by Gasteiger charge is 2.35. The first kappa shape index (κ1) is 20.8. The van der Waals surface area contributed by atoms with Crippen molar-refractivity contribution in [2.75, 3.05) is 32.5 Å². The summed E-state index contributed by atoms with van der Waals surface area (Å²) in [6.07, 6.45) is 0.583. The number of hydrogen-bond acceptors (Lipinski definition) is 8. The van der Waals surface area contributed by atoms with E-state index in [1.165, 1.54) is 7.11 Å². The number of benzene rings is 2. The van der Waals surface area contributed by atoms with Gasteiger partial charge in [0, 0.05) is 18.0 Å². The van der Waals surface area contributed by atoms with Crippen molar-refractivity contribution in [2.45, 2.75) is 19.0 Å². The van der Waals surface area contributed by atoms with E-state index < -0.39 is 15.5 Å². The Labute approximate surface area is 185 Å². The number of methoxy groups -OCH3 is 2. The topological polar surface area (TPSA) is 95.3 Å². The van der Waals surface area contributed by atoms with Crippen LogP contribution in [0.2, 0.25) is 0 Å². The first-order chi connectivity index (χ1) is 15.4. The van der Waals surface area contributed by atoms with Gasteiger partial charge in [-0.2, -0.15) is 0 Å². The van der Waals surface area contributed by atoms with Gasteiger partial charge in [-0.15, -0.1) is 0 Å². The third kappa shape index (κ3) is 3.61. The van der Waals surface area contributed by atoms with Crippen LogP contribution in [0.25, 0.3) is 22.1 Å². The van der Waals surface area contributed by atoms with E-state index in [0.717, 1.165) is 10.9 Å². The van der Waals surface area contributed by atoms with Crippen LogP contribution in [0, 0.1) is 0 Å². The molecule has 0 bridgehead atoms. The zero-order valence-corrected chi connectivity index (χ0v) is 18.6. The predicted octanol–water partition coefficient (Wildman–Crippen LogP) is 2.82. The highest BCUT2D eigenvalue weighted by molar-refractivity contribution is 7.91. The van der Waals surface area contributed by atoms with Crippen molar-refractivity contribution >= 4 is 20.8 Å². The van der Waals surface area contributed by atoms with Crippen LogP contribution in [0.3, 0.4) is 0 Å². The Morgan fingerprint density at radius 1 is 1.06 bits per heavy atom. The van der Waals surface area contributed by atoms with Gasteiger partial charge < -0.3 is 18.6 Å². The molecule has 2 aliphatic rings. The van der Waals surface area contributed by atoms with Gasteiger partial charge in [0.1, 0.15) is 18.1 Å². The molecule has 2 aliphatic heterocycles. The Kier molecular flexibility index (Phi) is 5.10. The van der Waals surface area contributed by atoms with Gasteiger partial charge in [0.05, 0.1) is 36.9 Å². The Hall–Kier alpha value is -3.04. The number of rotatable bonds is 4. The molecule has 168 valence electrons. The number of nitrogens with zero attached hydrogens (tertiary/aromatic N) is 1. The fourth-order valence-corrected chi connectivity index (χ4v) is 6.17. The molecule has 2 aromatic carbocycles. The standard InChI is InChI=1S/C23H23NO7S/c1-28-20-6-3-14(10-21(20)29-2)17-9-15-4-5-19-18(22(15)31-23(17)25)11-24(13-30-19)16-7-8-32(26,27)12-16/h3-6,9-10,16H,7-8,11-13H2,1-2H3/t16-/m0/s1. The molecular weight excluding hydrogens is 434 g/mol. The molecule has 0 N–H and O–H groups in total. The van der Waals surface area contributed by atoms with E-state index in [0.29, 0.717) is 53.7 Å². The molecule has 0 radical (unpaired) electrons. The number of sulfone groups is 1. The summed E-state index contributed by atoms with van der Waals surface area (Å²) < 4.78 is 46.1. The van der Waals surface area contributed by atoms with Gasteiger partial charge in [0.15, 0.2) is 21.3 Å². The minimum Gasteiger partial charge on any atom is -0.493 e. The van der Waals surface area contributed by atoms with E-state index in [4.69, 9.17) is 18.6 Å². The lowest BCUT2D eigenvalue weighted by Crippen LogP contribution is -2.41. The van der Waals surface area contributed by atoms with Gasteiger partial charge in [-0.25, -0.2) is 13.2 Å². The van der Waals surface area contributed by atoms with Crippen molar-refractivity contribution in [1.29, 1.82) is 0 Å². The normalized spacial score (nSPS) is 20.0. The van der Waals surface area contributed by atoms with Crippen molar-refractivity contribution in [2.24, 2.45) is 0 Å². The fourth-order valence-electron chi connectivity index (χ4n) is 4.41. The van der Waals surface area contributed by atoms with Gasteiger partial charge in [0.25, 0.3) is 0 Å². The largest absolute Gasteiger partial charge is 0.493 e. The van der Waals surface area contributed by atoms with Gasteiger partial charge in [-0.3, -0.25) is 4.90 Å². The monoisotopic (exact) mass is 457 g/mol. The summed E-state index contributed by atoms with van der Waals surface area (Å²) in [6, 6.07) is 10.7. The van der Waals surface area contributed by atoms with Crippen molar-refractivity contribution in [3.05, 3.63) is 52.4 Å². The van der Waals surface area contributed by atoms with Gasteiger partial charge in [-0.05, 0) is 42.3 Å². The van der Waals surface area contributed by atoms with Crippen LogP contribution < -0.4 is 19.8 Å². The molecule has 8 nitrogen and oxygen atoms in total. The molecule has 9 heteroatoms. The Balaban J connectivity index is 1.54. The maximum absolute atomic E-state index is 12.9. The highest BCUT2D eigenvalue weighted by atomic mass is 32.2. The first-order valence-corrected chi connectivity index (χ1v) is 12.1. The molecule has 1 aromatic heterocycles. The van der Waals surface area contributed by atoms with Crippen LogP contribution >= 0.6 is 0 Å². The van der Waals surface area contributed by atoms with E-state index in [1.807, 2.05) is 17.0 Å². The van der Waals surface area contributed by atoms with E-state index >= 15 is 0 Å². The Morgan fingerprint density at radius 2 is 1.88 bits per heavy atom. The van der Waals surface area contributed by atoms with Crippen molar-refractivity contribution in [3.63, 3.8) is 0 Å². The Bertz CT molecular complexity index is 1360. The summed E-state index contributed by atoms with van der Waals surface area (Å²) in [5, 5.41) is 0.762. The van der Waals surface area contributed by atoms with E-state index in [1.54, 1.807) is 31.4 Å². The molecule has 1 atom stereocenters. The zero-order valence-electron chi connectivity index (χ0n) is 17.8. The second-order valence-corrected chi connectivity index (χ2v) is 10.3. The molecule has 0 saturated carbocycles. The maximum Gasteiger partial charge on any atom is 0.344 e. The van der Waals surface area contributed by atoms with Crippen LogP contribution in [0.4, 0.5) is 0 Å². The summed E-state index contributed by atoms with van der Waals surface area (Å²) in [4.78, 5) is 14.9. The second-order valence-electron chi connectivity index (χ2n) is 8.06. The third-order valence-electron chi connectivity index (χ3n) is 6.13. The number of fused-ring (bicyclic) bond motifs is 3. The molecule has 0 spiro atoms. The first-order valence-electron chi connectivity index (χ1n) is 10.3. The van der Waals surface area contributed by atoms with Crippen molar-refractivity contribution in [3.8, 4) is 28.4 Å². The maximum atomic E-state index is 12.9. The molecule has 0 unspecified atom stereocenters. The lowest BCUT2D eigenvalue weighted by atomic mass is 10.0. The molecular formula is C23H23NO7S. The van der Waals surface area contributed by atoms with Gasteiger partial charge in [0.2, 0.25) is 0 Å². The predicted molar refractivity (Wildman–Crippen MR) is 119 cm³/mol. The second kappa shape index (κ2) is 7.83. The lowest BCUT2D eigenvalue weighted by molar-refractivity contribution is 0.0649. The average molecular weight is 458 g/mol. The highest BCUT2D eigenvalue weighted by Crippen LogP contribution is 2.36. The number of hydrogen-bond donors (Lipinski definition) is 0. The molecule has 3 aromatic rings. The Morgan fingerprint density at radius 3 is 2.59 bits per heavy atom. The summed E-state index contributed by atoms with van der Waals surface area (Å²) in [5.41, 5.74) is 1.81. The third-order valence-corrected chi connectivity index (χ3v) is 7.88. The molecule has 0 aliphatic carbocycles. The fraction of sp³-hybridized carbons (Fsp3) is 0.348. The average Bonchev–Trinajstić information content (AvgIpc) is 3.17. The number of ether oxygens (including phenoxy) is 3. The van der Waals surface area contributed by atoms with Gasteiger partial charge in [-0.1, -0.05) is 6.07 Å². The van der Waals surface area contributed by atoms with E-state index in [9.17, 15) is 13.2 Å². The summed E-state index contributed by atoms with van der Waals surface area (Å²) in [6.45, 7) is 0.776.